The monoisotopic (exact) mass is 514 g/mol. The molecule has 6 nitrogen and oxygen atoms in total. The number of hydrazone groups is 1. The number of ether oxygens (including phenoxy) is 2. The van der Waals surface area contributed by atoms with Gasteiger partial charge in [0, 0.05) is 15.5 Å². The molecule has 0 spiro atoms. The van der Waals surface area contributed by atoms with Crippen molar-refractivity contribution in [3.63, 3.8) is 0 Å². The number of fused-ring (bicyclic) bond motifs is 2. The highest BCUT2D eigenvalue weighted by Gasteiger charge is 2.18. The molecule has 1 amide bonds. The number of benzene rings is 4. The number of hydrogen-bond acceptors (Lipinski definition) is 6. The zero-order valence-electron chi connectivity index (χ0n) is 18.8. The van der Waals surface area contributed by atoms with Gasteiger partial charge >= 0.3 is 5.97 Å². The summed E-state index contributed by atoms with van der Waals surface area (Å²) >= 11 is 7.65. The van der Waals surface area contributed by atoms with E-state index in [4.69, 9.17) is 21.1 Å². The molecule has 0 aliphatic heterocycles. The molecule has 0 bridgehead atoms. The van der Waals surface area contributed by atoms with Crippen molar-refractivity contribution in [2.45, 2.75) is 0 Å². The van der Waals surface area contributed by atoms with Crippen molar-refractivity contribution in [3.05, 3.63) is 106 Å². The molecule has 0 unspecified atom stereocenters. The Bertz CT molecular complexity index is 1590. The molecule has 1 aromatic heterocycles. The third-order valence-electron chi connectivity index (χ3n) is 5.32. The molecule has 0 radical (unpaired) electrons. The van der Waals surface area contributed by atoms with E-state index in [2.05, 4.69) is 10.5 Å². The minimum absolute atomic E-state index is 0.166. The smallest absolute Gasteiger partial charge is 0.355 e. The Labute approximate surface area is 215 Å². The van der Waals surface area contributed by atoms with E-state index in [1.54, 1.807) is 24.3 Å². The van der Waals surface area contributed by atoms with Gasteiger partial charge in [-0.3, -0.25) is 4.79 Å². The summed E-state index contributed by atoms with van der Waals surface area (Å²) in [5, 5.41) is 7.15. The number of esters is 1. The number of nitrogens with one attached hydrogen (secondary N) is 1. The predicted octanol–water partition coefficient (Wildman–Crippen LogP) is 6.46. The van der Waals surface area contributed by atoms with E-state index in [1.165, 1.54) is 17.6 Å². The van der Waals surface area contributed by atoms with Gasteiger partial charge < -0.3 is 9.47 Å². The van der Waals surface area contributed by atoms with Crippen LogP contribution in [0.15, 0.2) is 96.1 Å². The maximum absolute atomic E-state index is 12.6. The van der Waals surface area contributed by atoms with E-state index in [9.17, 15) is 9.59 Å². The minimum atomic E-state index is -0.513. The van der Waals surface area contributed by atoms with Gasteiger partial charge in [-0.05, 0) is 47.3 Å². The summed E-state index contributed by atoms with van der Waals surface area (Å²) in [6.45, 7) is -0.166. The Kier molecular flexibility index (Phi) is 6.93. The van der Waals surface area contributed by atoms with Crippen molar-refractivity contribution in [2.24, 2.45) is 5.10 Å². The first kappa shape index (κ1) is 23.5. The maximum atomic E-state index is 12.6. The zero-order chi connectivity index (χ0) is 24.9. The molecule has 5 rings (SSSR count). The average molecular weight is 515 g/mol. The van der Waals surface area contributed by atoms with Crippen LogP contribution >= 0.6 is 22.9 Å². The van der Waals surface area contributed by atoms with E-state index >= 15 is 0 Å². The van der Waals surface area contributed by atoms with Crippen molar-refractivity contribution in [1.29, 1.82) is 0 Å². The zero-order valence-corrected chi connectivity index (χ0v) is 20.4. The highest BCUT2D eigenvalue weighted by Crippen LogP contribution is 2.35. The van der Waals surface area contributed by atoms with Crippen LogP contribution in [0.4, 0.5) is 0 Å². The average Bonchev–Trinajstić information content (AvgIpc) is 3.25. The van der Waals surface area contributed by atoms with Crippen molar-refractivity contribution < 1.29 is 19.1 Å². The number of amides is 1. The SMILES string of the molecule is O=C(COc1cccc2ccccc12)N/N=C\c1ccc(OC(=O)c2sc3ccccc3c2Cl)cc1. The van der Waals surface area contributed by atoms with Crippen LogP contribution < -0.4 is 14.9 Å². The molecular formula is C28H19ClN2O4S. The van der Waals surface area contributed by atoms with E-state index in [0.717, 1.165) is 20.9 Å². The quantitative estimate of drug-likeness (QED) is 0.117. The molecule has 178 valence electrons. The van der Waals surface area contributed by atoms with Gasteiger partial charge in [0.1, 0.15) is 16.4 Å². The van der Waals surface area contributed by atoms with Crippen LogP contribution in [0.5, 0.6) is 11.5 Å². The van der Waals surface area contributed by atoms with Gasteiger partial charge in [-0.2, -0.15) is 5.10 Å². The summed E-state index contributed by atoms with van der Waals surface area (Å²) in [5.41, 5.74) is 3.16. The topological polar surface area (TPSA) is 77.0 Å². The van der Waals surface area contributed by atoms with Crippen molar-refractivity contribution >= 4 is 61.9 Å². The fourth-order valence-corrected chi connectivity index (χ4v) is 4.98. The van der Waals surface area contributed by atoms with Crippen molar-refractivity contribution in [2.75, 3.05) is 6.61 Å². The number of thiophene rings is 1. The molecule has 0 saturated carbocycles. The maximum Gasteiger partial charge on any atom is 0.355 e. The van der Waals surface area contributed by atoms with Crippen LogP contribution in [0.3, 0.4) is 0 Å². The Hall–Kier alpha value is -4.20. The lowest BCUT2D eigenvalue weighted by molar-refractivity contribution is -0.123. The number of halogens is 1. The highest BCUT2D eigenvalue weighted by molar-refractivity contribution is 7.21. The second kappa shape index (κ2) is 10.6. The summed E-state index contributed by atoms with van der Waals surface area (Å²) in [6.07, 6.45) is 1.49. The minimum Gasteiger partial charge on any atom is -0.483 e. The van der Waals surface area contributed by atoms with Gasteiger partial charge in [0.2, 0.25) is 0 Å². The summed E-state index contributed by atoms with van der Waals surface area (Å²) in [6, 6.07) is 27.8. The second-order valence-corrected chi connectivity index (χ2v) is 9.19. The first-order valence-electron chi connectivity index (χ1n) is 11.0. The number of carbonyl (C=O) groups excluding carboxylic acids is 2. The van der Waals surface area contributed by atoms with Crippen LogP contribution in [0.1, 0.15) is 15.2 Å². The molecule has 4 aromatic carbocycles. The second-order valence-electron chi connectivity index (χ2n) is 7.76. The molecular weight excluding hydrogens is 496 g/mol. The number of carbonyl (C=O) groups is 2. The largest absolute Gasteiger partial charge is 0.483 e. The number of nitrogens with zero attached hydrogens (tertiary/aromatic N) is 1. The van der Waals surface area contributed by atoms with E-state index < -0.39 is 5.97 Å². The molecule has 1 N–H and O–H groups in total. The number of hydrogen-bond donors (Lipinski definition) is 1. The van der Waals surface area contributed by atoms with Gasteiger partial charge in [0.25, 0.3) is 5.91 Å². The van der Waals surface area contributed by atoms with Crippen LogP contribution in [-0.4, -0.2) is 24.7 Å². The lowest BCUT2D eigenvalue weighted by Crippen LogP contribution is -2.24. The summed E-state index contributed by atoms with van der Waals surface area (Å²) in [5.74, 6) is 0.110. The third kappa shape index (κ3) is 5.22. The molecule has 5 aromatic rings. The standard InChI is InChI=1S/C28H19ClN2O4S/c29-26-22-9-3-4-11-24(22)36-27(26)28(33)35-20-14-12-18(13-15-20)16-30-31-25(32)17-34-23-10-5-7-19-6-1-2-8-21(19)23/h1-16H,17H2,(H,31,32)/b30-16-. The fourth-order valence-electron chi connectivity index (χ4n) is 3.60. The summed E-state index contributed by atoms with van der Waals surface area (Å²) < 4.78 is 12.0. The van der Waals surface area contributed by atoms with Crippen LogP contribution in [-0.2, 0) is 4.79 Å². The molecule has 0 aliphatic rings. The van der Waals surface area contributed by atoms with Gasteiger partial charge in [-0.25, -0.2) is 10.2 Å². The Morgan fingerprint density at radius 2 is 1.61 bits per heavy atom. The predicted molar refractivity (Wildman–Crippen MR) is 143 cm³/mol. The Morgan fingerprint density at radius 1 is 0.889 bits per heavy atom. The first-order valence-corrected chi connectivity index (χ1v) is 12.2. The molecule has 0 atom stereocenters. The Morgan fingerprint density at radius 3 is 2.42 bits per heavy atom. The van der Waals surface area contributed by atoms with Crippen molar-refractivity contribution in [1.82, 2.24) is 5.43 Å². The molecule has 1 heterocycles. The van der Waals surface area contributed by atoms with Gasteiger partial charge in [-0.1, -0.05) is 66.2 Å². The van der Waals surface area contributed by atoms with E-state index in [-0.39, 0.29) is 12.5 Å². The van der Waals surface area contributed by atoms with Crippen molar-refractivity contribution in [3.8, 4) is 11.5 Å². The molecule has 36 heavy (non-hydrogen) atoms. The first-order chi connectivity index (χ1) is 17.6. The van der Waals surface area contributed by atoms with Gasteiger partial charge in [-0.15, -0.1) is 11.3 Å². The van der Waals surface area contributed by atoms with Gasteiger partial charge in [0.15, 0.2) is 6.61 Å². The number of rotatable bonds is 7. The third-order valence-corrected chi connectivity index (χ3v) is 6.98. The van der Waals surface area contributed by atoms with E-state index in [0.29, 0.717) is 27.0 Å². The normalized spacial score (nSPS) is 11.1. The highest BCUT2D eigenvalue weighted by atomic mass is 35.5. The van der Waals surface area contributed by atoms with Crippen LogP contribution in [0, 0.1) is 0 Å². The molecule has 0 fully saturated rings. The summed E-state index contributed by atoms with van der Waals surface area (Å²) in [7, 11) is 0. The lowest BCUT2D eigenvalue weighted by atomic mass is 10.1. The fraction of sp³-hybridized carbons (Fsp3) is 0.0357. The van der Waals surface area contributed by atoms with Gasteiger partial charge in [0.05, 0.1) is 11.2 Å². The molecule has 0 saturated heterocycles. The summed E-state index contributed by atoms with van der Waals surface area (Å²) in [4.78, 5) is 25.1. The van der Waals surface area contributed by atoms with E-state index in [1.807, 2.05) is 66.7 Å². The van der Waals surface area contributed by atoms with Crippen LogP contribution in [0.25, 0.3) is 20.9 Å². The Balaban J connectivity index is 1.14. The van der Waals surface area contributed by atoms with Crippen LogP contribution in [0.2, 0.25) is 5.02 Å². The molecule has 8 heteroatoms. The molecule has 0 aliphatic carbocycles. The lowest BCUT2D eigenvalue weighted by Gasteiger charge is -2.08.